The van der Waals surface area contributed by atoms with Crippen molar-refractivity contribution in [1.29, 1.82) is 0 Å². The Kier molecular flexibility index (Phi) is 7.58. The Bertz CT molecular complexity index is 3280. The summed E-state index contributed by atoms with van der Waals surface area (Å²) in [5.41, 5.74) is 19.2. The van der Waals surface area contributed by atoms with E-state index in [-0.39, 0.29) is 5.41 Å². The number of furan rings is 2. The molecule has 9 aromatic carbocycles. The van der Waals surface area contributed by atoms with Gasteiger partial charge in [0.1, 0.15) is 22.3 Å². The molecule has 0 atom stereocenters. The molecular weight excluding hydrogens is 731 g/mol. The number of para-hydroxylation sites is 2. The third-order valence-corrected chi connectivity index (χ3v) is 12.7. The molecule has 3 nitrogen and oxygen atoms in total. The summed E-state index contributed by atoms with van der Waals surface area (Å²) in [6, 6.07) is 72.1. The molecule has 12 rings (SSSR count). The molecule has 0 unspecified atom stereocenters. The van der Waals surface area contributed by atoms with Gasteiger partial charge in [-0.05, 0) is 134 Å². The second-order valence-electron chi connectivity index (χ2n) is 16.5. The van der Waals surface area contributed by atoms with Crippen molar-refractivity contribution in [2.45, 2.75) is 19.3 Å². The van der Waals surface area contributed by atoms with E-state index in [2.05, 4.69) is 195 Å². The summed E-state index contributed by atoms with van der Waals surface area (Å²) in [5, 5.41) is 4.53. The molecule has 0 spiro atoms. The van der Waals surface area contributed by atoms with Gasteiger partial charge in [0.05, 0.1) is 0 Å². The maximum Gasteiger partial charge on any atom is 0.135 e. The number of nitrogens with zero attached hydrogens (tertiary/aromatic N) is 1. The van der Waals surface area contributed by atoms with Gasteiger partial charge in [-0.25, -0.2) is 0 Å². The fourth-order valence-corrected chi connectivity index (χ4v) is 9.54. The van der Waals surface area contributed by atoms with Gasteiger partial charge in [-0.1, -0.05) is 135 Å². The maximum absolute atomic E-state index is 6.14. The number of fused-ring (bicyclic) bond motifs is 9. The monoisotopic (exact) mass is 769 g/mol. The highest BCUT2D eigenvalue weighted by molar-refractivity contribution is 6.07. The minimum absolute atomic E-state index is 0.184. The van der Waals surface area contributed by atoms with E-state index < -0.39 is 0 Å². The molecule has 60 heavy (non-hydrogen) atoms. The van der Waals surface area contributed by atoms with Crippen molar-refractivity contribution in [1.82, 2.24) is 0 Å². The van der Waals surface area contributed by atoms with Gasteiger partial charge in [0.25, 0.3) is 0 Å². The largest absolute Gasteiger partial charge is 0.456 e. The standard InChI is InChI=1S/C57H39NO2/c1-57(2)51-34-41(36-10-4-3-5-11-36)20-28-45(51)46-29-27-44(35-52(46)57)58(42-23-16-37(17-24-42)39-21-30-55-49(32-39)47-12-6-8-14-53(47)59-55)43-25-18-38(19-26-43)40-22-31-56-50(33-40)48-13-7-9-15-54(48)60-56/h3-35H,1-2H3. The Morgan fingerprint density at radius 3 is 1.28 bits per heavy atom. The molecule has 0 bridgehead atoms. The zero-order chi connectivity index (χ0) is 40.0. The summed E-state index contributed by atoms with van der Waals surface area (Å²) >= 11 is 0. The van der Waals surface area contributed by atoms with Crippen LogP contribution >= 0.6 is 0 Å². The van der Waals surface area contributed by atoms with Gasteiger partial charge in [0.15, 0.2) is 0 Å². The zero-order valence-corrected chi connectivity index (χ0v) is 33.3. The molecule has 0 saturated heterocycles. The van der Waals surface area contributed by atoms with Crippen LogP contribution in [0.25, 0.3) is 88.4 Å². The van der Waals surface area contributed by atoms with Crippen LogP contribution < -0.4 is 4.90 Å². The van der Waals surface area contributed by atoms with Gasteiger partial charge < -0.3 is 13.7 Å². The highest BCUT2D eigenvalue weighted by Gasteiger charge is 2.36. The topological polar surface area (TPSA) is 29.5 Å². The van der Waals surface area contributed by atoms with Crippen LogP contribution in [0.4, 0.5) is 17.1 Å². The highest BCUT2D eigenvalue weighted by Crippen LogP contribution is 2.52. The Balaban J connectivity index is 0.950. The summed E-state index contributed by atoms with van der Waals surface area (Å²) in [5.74, 6) is 0. The zero-order valence-electron chi connectivity index (χ0n) is 33.3. The van der Waals surface area contributed by atoms with E-state index >= 15 is 0 Å². The molecule has 2 aromatic heterocycles. The second kappa shape index (κ2) is 13.2. The van der Waals surface area contributed by atoms with Gasteiger partial charge in [-0.3, -0.25) is 0 Å². The lowest BCUT2D eigenvalue weighted by Crippen LogP contribution is -2.16. The van der Waals surface area contributed by atoms with Gasteiger partial charge in [0, 0.05) is 44.0 Å². The number of hydrogen-bond acceptors (Lipinski definition) is 3. The third-order valence-electron chi connectivity index (χ3n) is 12.7. The first kappa shape index (κ1) is 34.4. The van der Waals surface area contributed by atoms with E-state index in [1.54, 1.807) is 0 Å². The lowest BCUT2D eigenvalue weighted by atomic mass is 9.81. The minimum atomic E-state index is -0.184. The third kappa shape index (κ3) is 5.43. The first-order valence-electron chi connectivity index (χ1n) is 20.6. The van der Waals surface area contributed by atoms with Gasteiger partial charge in [0.2, 0.25) is 0 Å². The molecule has 0 radical (unpaired) electrons. The molecule has 1 aliphatic carbocycles. The summed E-state index contributed by atoms with van der Waals surface area (Å²) < 4.78 is 12.3. The molecule has 0 saturated carbocycles. The number of benzene rings is 9. The van der Waals surface area contributed by atoms with Crippen LogP contribution in [0.15, 0.2) is 209 Å². The highest BCUT2D eigenvalue weighted by atomic mass is 16.3. The smallest absolute Gasteiger partial charge is 0.135 e. The van der Waals surface area contributed by atoms with Crippen molar-refractivity contribution >= 4 is 60.9 Å². The Morgan fingerprint density at radius 1 is 0.317 bits per heavy atom. The first-order chi connectivity index (χ1) is 29.5. The molecule has 0 aliphatic heterocycles. The molecule has 284 valence electrons. The molecule has 0 amide bonds. The van der Waals surface area contributed by atoms with E-state index in [0.717, 1.165) is 83.2 Å². The SMILES string of the molecule is CC1(C)c2cc(-c3ccccc3)ccc2-c2ccc(N(c3ccc(-c4ccc5oc6ccccc6c5c4)cc3)c3ccc(-c4ccc5oc6ccccc6c5c4)cc3)cc21. The molecule has 3 heteroatoms. The van der Waals surface area contributed by atoms with E-state index in [4.69, 9.17) is 8.83 Å². The van der Waals surface area contributed by atoms with Crippen molar-refractivity contribution in [2.75, 3.05) is 4.90 Å². The molecule has 11 aromatic rings. The Hall–Kier alpha value is -7.62. The fraction of sp³-hybridized carbons (Fsp3) is 0.0526. The van der Waals surface area contributed by atoms with E-state index in [1.807, 2.05) is 24.3 Å². The Morgan fingerprint density at radius 2 is 0.717 bits per heavy atom. The van der Waals surface area contributed by atoms with Crippen molar-refractivity contribution in [3.8, 4) is 44.5 Å². The maximum atomic E-state index is 6.14. The average Bonchev–Trinajstić information content (AvgIpc) is 3.94. The fourth-order valence-electron chi connectivity index (χ4n) is 9.54. The molecule has 1 aliphatic rings. The van der Waals surface area contributed by atoms with Crippen molar-refractivity contribution in [2.24, 2.45) is 0 Å². The van der Waals surface area contributed by atoms with Crippen molar-refractivity contribution < 1.29 is 8.83 Å². The Labute approximate surface area is 348 Å². The lowest BCUT2D eigenvalue weighted by molar-refractivity contribution is 0.660. The molecule has 0 N–H and O–H groups in total. The van der Waals surface area contributed by atoms with E-state index in [9.17, 15) is 0 Å². The molecular formula is C57H39NO2. The van der Waals surface area contributed by atoms with Gasteiger partial charge in [-0.15, -0.1) is 0 Å². The number of hydrogen-bond donors (Lipinski definition) is 0. The normalized spacial score (nSPS) is 13.0. The van der Waals surface area contributed by atoms with Crippen LogP contribution in [-0.2, 0) is 5.41 Å². The predicted molar refractivity (Wildman–Crippen MR) is 250 cm³/mol. The summed E-state index contributed by atoms with van der Waals surface area (Å²) in [6.07, 6.45) is 0. The van der Waals surface area contributed by atoms with Crippen LogP contribution in [0.1, 0.15) is 25.0 Å². The van der Waals surface area contributed by atoms with Crippen LogP contribution in [-0.4, -0.2) is 0 Å². The quantitative estimate of drug-likeness (QED) is 0.169. The number of rotatable bonds is 6. The van der Waals surface area contributed by atoms with E-state index in [0.29, 0.717) is 0 Å². The molecule has 0 fully saturated rings. The summed E-state index contributed by atoms with van der Waals surface area (Å²) in [7, 11) is 0. The second-order valence-corrected chi connectivity index (χ2v) is 16.5. The minimum Gasteiger partial charge on any atom is -0.456 e. The lowest BCUT2D eigenvalue weighted by Gasteiger charge is -2.28. The average molecular weight is 770 g/mol. The van der Waals surface area contributed by atoms with Crippen LogP contribution in [0.5, 0.6) is 0 Å². The molecule has 2 heterocycles. The van der Waals surface area contributed by atoms with Crippen LogP contribution in [0.3, 0.4) is 0 Å². The van der Waals surface area contributed by atoms with Gasteiger partial charge in [-0.2, -0.15) is 0 Å². The van der Waals surface area contributed by atoms with Crippen LogP contribution in [0, 0.1) is 0 Å². The van der Waals surface area contributed by atoms with Gasteiger partial charge >= 0.3 is 0 Å². The summed E-state index contributed by atoms with van der Waals surface area (Å²) in [6.45, 7) is 4.73. The predicted octanol–water partition coefficient (Wildman–Crippen LogP) is 16.3. The summed E-state index contributed by atoms with van der Waals surface area (Å²) in [4.78, 5) is 2.39. The van der Waals surface area contributed by atoms with Crippen molar-refractivity contribution in [3.63, 3.8) is 0 Å². The van der Waals surface area contributed by atoms with Crippen molar-refractivity contribution in [3.05, 3.63) is 211 Å². The van der Waals surface area contributed by atoms with E-state index in [1.165, 1.54) is 33.4 Å². The van der Waals surface area contributed by atoms with Crippen LogP contribution in [0.2, 0.25) is 0 Å². The first-order valence-corrected chi connectivity index (χ1v) is 20.6. The number of anilines is 3.